The number of unbranched alkanes of at least 4 members (excludes halogenated alkanes) is 3. The number of rotatable bonds is 10. The van der Waals surface area contributed by atoms with E-state index in [-0.39, 0.29) is 0 Å². The molecule has 0 N–H and O–H groups in total. The number of para-hydroxylation sites is 2. The molecule has 0 aliphatic carbocycles. The number of hydrogen-bond acceptors (Lipinski definition) is 2. The van der Waals surface area contributed by atoms with E-state index in [2.05, 4.69) is 45.0 Å². The number of hydrogen-bond donors (Lipinski definition) is 0. The first kappa shape index (κ1) is 17.8. The van der Waals surface area contributed by atoms with Crippen molar-refractivity contribution in [2.45, 2.75) is 72.6 Å². The zero-order valence-electron chi connectivity index (χ0n) is 14.5. The molecular weight excluding hydrogens is 377 g/mol. The van der Waals surface area contributed by atoms with Crippen molar-refractivity contribution < 1.29 is 4.42 Å². The van der Waals surface area contributed by atoms with Crippen LogP contribution in [0.4, 0.5) is 0 Å². The van der Waals surface area contributed by atoms with Crippen LogP contribution in [0.15, 0.2) is 28.7 Å². The van der Waals surface area contributed by atoms with Crippen molar-refractivity contribution in [3.05, 3.63) is 24.3 Å². The summed E-state index contributed by atoms with van der Waals surface area (Å²) in [4.78, 5) is 4.97. The van der Waals surface area contributed by atoms with Gasteiger partial charge in [0.05, 0.1) is 0 Å². The van der Waals surface area contributed by atoms with Gasteiger partial charge in [-0.15, -0.1) is 0 Å². The van der Waals surface area contributed by atoms with Crippen LogP contribution in [0.1, 0.15) is 59.3 Å². The quantitative estimate of drug-likeness (QED) is 0.459. The van der Waals surface area contributed by atoms with Crippen molar-refractivity contribution >= 4 is 33.4 Å². The summed E-state index contributed by atoms with van der Waals surface area (Å²) in [6, 6.07) is 8.29. The molecule has 2 nitrogen and oxygen atoms in total. The van der Waals surface area contributed by atoms with Crippen molar-refractivity contribution in [3.63, 3.8) is 0 Å². The van der Waals surface area contributed by atoms with E-state index in [0.29, 0.717) is 0 Å². The van der Waals surface area contributed by atoms with Crippen molar-refractivity contribution in [3.8, 4) is 0 Å². The standard InChI is InChI=1S/C7H4NO.3C4H9.Sn/c1-2-4-7-6(3-1)8-5-9-7;3*1-3-4-2;/h1-4H;3*1,3-4H2,2H3;. The Bertz CT molecular complexity index is 509. The third-order valence-corrected chi connectivity index (χ3v) is 19.2. The van der Waals surface area contributed by atoms with Crippen LogP contribution >= 0.6 is 0 Å². The maximum absolute atomic E-state index is 6.31. The van der Waals surface area contributed by atoms with E-state index in [9.17, 15) is 0 Å². The third kappa shape index (κ3) is 4.27. The van der Waals surface area contributed by atoms with Crippen LogP contribution < -0.4 is 3.91 Å². The first-order valence-corrected chi connectivity index (χ1v) is 16.6. The SMILES string of the molecule is CCC[CH2][Sn]([CH2]CCC)([CH2]CCC)[c]1nc2ccccc2o1. The zero-order chi connectivity index (χ0) is 15.8. The fraction of sp³-hybridized carbons (Fsp3) is 0.632. The molecule has 0 spiro atoms. The van der Waals surface area contributed by atoms with Crippen molar-refractivity contribution in [1.29, 1.82) is 0 Å². The Hall–Kier alpha value is -0.511. The molecule has 0 unspecified atom stereocenters. The van der Waals surface area contributed by atoms with Crippen LogP contribution in [0.5, 0.6) is 0 Å². The molecule has 0 aliphatic rings. The second kappa shape index (κ2) is 8.95. The third-order valence-electron chi connectivity index (χ3n) is 4.77. The second-order valence-electron chi connectivity index (χ2n) is 6.58. The van der Waals surface area contributed by atoms with Crippen LogP contribution in [-0.4, -0.2) is 23.4 Å². The van der Waals surface area contributed by atoms with Gasteiger partial charge in [0.25, 0.3) is 0 Å². The topological polar surface area (TPSA) is 26.0 Å². The van der Waals surface area contributed by atoms with E-state index in [0.717, 1.165) is 11.1 Å². The molecule has 22 heavy (non-hydrogen) atoms. The molecule has 1 aromatic heterocycles. The van der Waals surface area contributed by atoms with Gasteiger partial charge in [-0.25, -0.2) is 0 Å². The molecule has 0 saturated heterocycles. The number of fused-ring (bicyclic) bond motifs is 1. The summed E-state index contributed by atoms with van der Waals surface area (Å²) < 4.78 is 11.8. The molecule has 0 atom stereocenters. The number of nitrogens with zero attached hydrogens (tertiary/aromatic N) is 1. The van der Waals surface area contributed by atoms with Gasteiger partial charge in [-0.3, -0.25) is 0 Å². The number of aromatic nitrogens is 1. The number of benzene rings is 1. The molecule has 0 fully saturated rings. The van der Waals surface area contributed by atoms with Crippen LogP contribution in [0.25, 0.3) is 11.1 Å². The summed E-state index contributed by atoms with van der Waals surface area (Å²) in [6.07, 6.45) is 7.91. The van der Waals surface area contributed by atoms with E-state index < -0.39 is 18.4 Å². The molecule has 0 radical (unpaired) electrons. The molecule has 2 aromatic rings. The predicted molar refractivity (Wildman–Crippen MR) is 98.5 cm³/mol. The Kier molecular flexibility index (Phi) is 7.26. The molecule has 1 heterocycles. The average molecular weight is 408 g/mol. The predicted octanol–water partition coefficient (Wildman–Crippen LogP) is 5.88. The first-order valence-electron chi connectivity index (χ1n) is 9.11. The zero-order valence-corrected chi connectivity index (χ0v) is 17.4. The van der Waals surface area contributed by atoms with E-state index in [4.69, 9.17) is 9.40 Å². The minimum absolute atomic E-state index is 0.989. The van der Waals surface area contributed by atoms with Gasteiger partial charge in [0.1, 0.15) is 0 Å². The van der Waals surface area contributed by atoms with Gasteiger partial charge in [-0.2, -0.15) is 0 Å². The van der Waals surface area contributed by atoms with Crippen LogP contribution in [0, 0.1) is 0 Å². The molecular formula is C19H31NOSn. The average Bonchev–Trinajstić information content (AvgIpc) is 2.99. The minimum atomic E-state index is -2.48. The van der Waals surface area contributed by atoms with Crippen LogP contribution in [0.3, 0.4) is 0 Å². The Morgan fingerprint density at radius 1 is 0.864 bits per heavy atom. The summed E-state index contributed by atoms with van der Waals surface area (Å²) >= 11 is -2.48. The molecule has 1 aromatic carbocycles. The molecule has 122 valence electrons. The van der Waals surface area contributed by atoms with Gasteiger partial charge >= 0.3 is 140 Å². The summed E-state index contributed by atoms with van der Waals surface area (Å²) in [5.41, 5.74) is 2.05. The Balaban J connectivity index is 2.37. The molecule has 2 rings (SSSR count). The number of oxazole rings is 1. The molecule has 0 bridgehead atoms. The van der Waals surface area contributed by atoms with Crippen molar-refractivity contribution in [1.82, 2.24) is 4.98 Å². The van der Waals surface area contributed by atoms with Gasteiger partial charge in [0.2, 0.25) is 0 Å². The second-order valence-corrected chi connectivity index (χ2v) is 19.4. The van der Waals surface area contributed by atoms with Crippen molar-refractivity contribution in [2.75, 3.05) is 0 Å². The molecule has 0 amide bonds. The molecule has 0 saturated carbocycles. The van der Waals surface area contributed by atoms with Gasteiger partial charge in [-0.05, 0) is 0 Å². The fourth-order valence-electron chi connectivity index (χ4n) is 3.34. The molecule has 0 aliphatic heterocycles. The Morgan fingerprint density at radius 2 is 1.41 bits per heavy atom. The summed E-state index contributed by atoms with van der Waals surface area (Å²) in [6.45, 7) is 6.92. The summed E-state index contributed by atoms with van der Waals surface area (Å²) in [7, 11) is 0. The van der Waals surface area contributed by atoms with E-state index in [1.165, 1.54) is 55.7 Å². The van der Waals surface area contributed by atoms with Gasteiger partial charge in [0, 0.05) is 0 Å². The Morgan fingerprint density at radius 3 is 1.91 bits per heavy atom. The van der Waals surface area contributed by atoms with Crippen LogP contribution in [-0.2, 0) is 0 Å². The molecule has 3 heteroatoms. The van der Waals surface area contributed by atoms with Crippen LogP contribution in [0.2, 0.25) is 13.3 Å². The first-order chi connectivity index (χ1) is 10.8. The van der Waals surface area contributed by atoms with E-state index in [1.54, 1.807) is 0 Å². The monoisotopic (exact) mass is 409 g/mol. The summed E-state index contributed by atoms with van der Waals surface area (Å²) in [5, 5.41) is 0. The van der Waals surface area contributed by atoms with E-state index in [1.807, 2.05) is 0 Å². The van der Waals surface area contributed by atoms with Gasteiger partial charge < -0.3 is 0 Å². The normalized spacial score (nSPS) is 12.1. The van der Waals surface area contributed by atoms with Gasteiger partial charge in [-0.1, -0.05) is 0 Å². The maximum atomic E-state index is 6.31. The van der Waals surface area contributed by atoms with Crippen molar-refractivity contribution in [2.24, 2.45) is 0 Å². The summed E-state index contributed by atoms with van der Waals surface area (Å²) in [5.74, 6) is 0. The van der Waals surface area contributed by atoms with E-state index >= 15 is 0 Å². The fourth-order valence-corrected chi connectivity index (χ4v) is 18.1. The van der Waals surface area contributed by atoms with Gasteiger partial charge in [0.15, 0.2) is 0 Å². The Labute approximate surface area is 139 Å².